The van der Waals surface area contributed by atoms with Gasteiger partial charge in [-0.2, -0.15) is 0 Å². The van der Waals surface area contributed by atoms with E-state index in [-0.39, 0.29) is 5.91 Å². The van der Waals surface area contributed by atoms with E-state index in [0.29, 0.717) is 19.5 Å². The number of carbonyl (C=O) groups excluding carboxylic acids is 1. The minimum atomic E-state index is 0.266. The lowest BCUT2D eigenvalue weighted by Crippen LogP contribution is -2.36. The zero-order chi connectivity index (χ0) is 18.4. The molecule has 0 spiro atoms. The van der Waals surface area contributed by atoms with Crippen molar-refractivity contribution >= 4 is 23.2 Å². The third-order valence-electron chi connectivity index (χ3n) is 4.45. The molecule has 1 aromatic carbocycles. The van der Waals surface area contributed by atoms with Crippen molar-refractivity contribution in [3.8, 4) is 0 Å². The summed E-state index contributed by atoms with van der Waals surface area (Å²) in [5.74, 6) is 1.05. The molecule has 6 heteroatoms. The van der Waals surface area contributed by atoms with Gasteiger partial charge >= 0.3 is 0 Å². The number of guanidine groups is 1. The third kappa shape index (κ3) is 5.08. The van der Waals surface area contributed by atoms with E-state index in [1.165, 1.54) is 20.9 Å². The molecule has 0 unspecified atom stereocenters. The van der Waals surface area contributed by atoms with Crippen molar-refractivity contribution in [2.24, 2.45) is 4.99 Å². The first kappa shape index (κ1) is 18.5. The molecule has 0 bridgehead atoms. The Balaban J connectivity index is 1.51. The summed E-state index contributed by atoms with van der Waals surface area (Å²) in [6, 6.07) is 12.7. The van der Waals surface area contributed by atoms with E-state index in [0.717, 1.165) is 25.5 Å². The van der Waals surface area contributed by atoms with Gasteiger partial charge in [-0.3, -0.25) is 9.79 Å². The van der Waals surface area contributed by atoms with Crippen LogP contribution < -0.4 is 10.6 Å². The predicted octanol–water partition coefficient (Wildman–Crippen LogP) is 3.04. The smallest absolute Gasteiger partial charge is 0.222 e. The highest BCUT2D eigenvalue weighted by Gasteiger charge is 2.19. The molecule has 1 aliphatic heterocycles. The van der Waals surface area contributed by atoms with Gasteiger partial charge in [0.25, 0.3) is 0 Å². The monoisotopic (exact) mass is 370 g/mol. The number of aliphatic imine (C=N–C) groups is 1. The Hall–Kier alpha value is -2.34. The summed E-state index contributed by atoms with van der Waals surface area (Å²) in [4.78, 5) is 20.6. The van der Waals surface area contributed by atoms with Gasteiger partial charge in [0.05, 0.1) is 6.54 Å². The molecular formula is C20H26N4OS. The Bertz CT molecular complexity index is 784. The lowest BCUT2D eigenvalue weighted by molar-refractivity contribution is -0.128. The lowest BCUT2D eigenvalue weighted by atomic mass is 10.1. The summed E-state index contributed by atoms with van der Waals surface area (Å²) in [5, 5.41) is 6.70. The van der Waals surface area contributed by atoms with Gasteiger partial charge in [-0.15, -0.1) is 11.3 Å². The van der Waals surface area contributed by atoms with Crippen LogP contribution in [-0.4, -0.2) is 30.4 Å². The van der Waals surface area contributed by atoms with Gasteiger partial charge in [-0.25, -0.2) is 0 Å². The van der Waals surface area contributed by atoms with Crippen LogP contribution in [0.25, 0.3) is 0 Å². The first-order valence-corrected chi connectivity index (χ1v) is 9.81. The van der Waals surface area contributed by atoms with Gasteiger partial charge in [0.15, 0.2) is 5.96 Å². The van der Waals surface area contributed by atoms with Crippen molar-refractivity contribution in [3.63, 3.8) is 0 Å². The summed E-state index contributed by atoms with van der Waals surface area (Å²) < 4.78 is 0. The molecule has 1 aromatic heterocycles. The van der Waals surface area contributed by atoms with Crippen LogP contribution in [0, 0.1) is 6.92 Å². The second kappa shape index (κ2) is 8.85. The van der Waals surface area contributed by atoms with Crippen molar-refractivity contribution in [3.05, 3.63) is 57.3 Å². The number of benzene rings is 1. The molecule has 1 fully saturated rings. The van der Waals surface area contributed by atoms with Gasteiger partial charge in [0, 0.05) is 42.9 Å². The number of amides is 1. The van der Waals surface area contributed by atoms with Crippen molar-refractivity contribution in [2.75, 3.05) is 13.6 Å². The average Bonchev–Trinajstić information content (AvgIpc) is 3.24. The molecule has 0 aliphatic carbocycles. The van der Waals surface area contributed by atoms with Gasteiger partial charge < -0.3 is 15.5 Å². The zero-order valence-corrected chi connectivity index (χ0v) is 16.2. The fraction of sp³-hybridized carbons (Fsp3) is 0.400. The summed E-state index contributed by atoms with van der Waals surface area (Å²) in [6.07, 6.45) is 1.67. The number of thiophene rings is 1. The topological polar surface area (TPSA) is 56.7 Å². The van der Waals surface area contributed by atoms with Gasteiger partial charge in [-0.1, -0.05) is 24.3 Å². The molecule has 0 atom stereocenters. The molecular weight excluding hydrogens is 344 g/mol. The zero-order valence-electron chi connectivity index (χ0n) is 15.4. The highest BCUT2D eigenvalue weighted by atomic mass is 32.1. The molecule has 1 amide bonds. The highest BCUT2D eigenvalue weighted by molar-refractivity contribution is 7.11. The molecule has 2 heterocycles. The SMILES string of the molecule is CN=C(NCc1cccc(CN2CCCC2=O)c1)NCc1ccc(C)s1. The number of likely N-dealkylation sites (tertiary alicyclic amines) is 1. The number of aryl methyl sites for hydroxylation is 1. The van der Waals surface area contributed by atoms with Crippen LogP contribution in [-0.2, 0) is 24.4 Å². The Morgan fingerprint density at radius 2 is 2.00 bits per heavy atom. The standard InChI is InChI=1S/C20H26N4OS/c1-15-8-9-18(26-15)13-23-20(21-2)22-12-16-5-3-6-17(11-16)14-24-10-4-7-19(24)25/h3,5-6,8-9,11H,4,7,10,12-14H2,1-2H3,(H2,21,22,23). The van der Waals surface area contributed by atoms with Gasteiger partial charge in [0.2, 0.25) is 5.91 Å². The van der Waals surface area contributed by atoms with Crippen LogP contribution in [0.1, 0.15) is 33.7 Å². The van der Waals surface area contributed by atoms with E-state index in [1.807, 2.05) is 4.90 Å². The molecule has 1 saturated heterocycles. The second-order valence-corrected chi connectivity index (χ2v) is 7.90. The van der Waals surface area contributed by atoms with Crippen LogP contribution >= 0.6 is 11.3 Å². The van der Waals surface area contributed by atoms with E-state index >= 15 is 0 Å². The van der Waals surface area contributed by atoms with Crippen LogP contribution in [0.5, 0.6) is 0 Å². The maximum absolute atomic E-state index is 11.8. The molecule has 0 radical (unpaired) electrons. The molecule has 3 rings (SSSR count). The van der Waals surface area contributed by atoms with Crippen LogP contribution in [0.2, 0.25) is 0 Å². The van der Waals surface area contributed by atoms with Crippen LogP contribution in [0.3, 0.4) is 0 Å². The molecule has 2 aromatic rings. The predicted molar refractivity (Wildman–Crippen MR) is 107 cm³/mol. The number of carbonyl (C=O) groups is 1. The maximum Gasteiger partial charge on any atom is 0.222 e. The second-order valence-electron chi connectivity index (χ2n) is 6.53. The van der Waals surface area contributed by atoms with Crippen LogP contribution in [0.4, 0.5) is 0 Å². The highest BCUT2D eigenvalue weighted by Crippen LogP contribution is 2.16. The fourth-order valence-electron chi connectivity index (χ4n) is 3.09. The van der Waals surface area contributed by atoms with E-state index in [4.69, 9.17) is 0 Å². The minimum absolute atomic E-state index is 0.266. The van der Waals surface area contributed by atoms with Crippen molar-refractivity contribution in [1.82, 2.24) is 15.5 Å². The van der Waals surface area contributed by atoms with Gasteiger partial charge in [-0.05, 0) is 36.6 Å². The summed E-state index contributed by atoms with van der Waals surface area (Å²) in [7, 11) is 1.78. The normalized spacial score (nSPS) is 14.8. The van der Waals surface area contributed by atoms with Gasteiger partial charge in [0.1, 0.15) is 0 Å². The minimum Gasteiger partial charge on any atom is -0.352 e. The largest absolute Gasteiger partial charge is 0.352 e. The maximum atomic E-state index is 11.8. The Morgan fingerprint density at radius 3 is 2.69 bits per heavy atom. The average molecular weight is 371 g/mol. The molecule has 1 aliphatic rings. The Labute approximate surface area is 159 Å². The van der Waals surface area contributed by atoms with Crippen molar-refractivity contribution < 1.29 is 4.79 Å². The lowest BCUT2D eigenvalue weighted by Gasteiger charge is -2.16. The van der Waals surface area contributed by atoms with Crippen LogP contribution in [0.15, 0.2) is 41.4 Å². The number of rotatable bonds is 6. The molecule has 0 saturated carbocycles. The first-order chi connectivity index (χ1) is 12.6. The fourth-order valence-corrected chi connectivity index (χ4v) is 3.92. The summed E-state index contributed by atoms with van der Waals surface area (Å²) >= 11 is 1.79. The molecule has 5 nitrogen and oxygen atoms in total. The Morgan fingerprint density at radius 1 is 1.19 bits per heavy atom. The van der Waals surface area contributed by atoms with E-state index in [1.54, 1.807) is 18.4 Å². The molecule has 138 valence electrons. The van der Waals surface area contributed by atoms with Crippen molar-refractivity contribution in [2.45, 2.75) is 39.4 Å². The number of hydrogen-bond donors (Lipinski definition) is 2. The third-order valence-corrected chi connectivity index (χ3v) is 5.45. The van der Waals surface area contributed by atoms with E-state index < -0.39 is 0 Å². The summed E-state index contributed by atoms with van der Waals surface area (Å²) in [6.45, 7) is 5.17. The quantitative estimate of drug-likeness (QED) is 0.607. The Kier molecular flexibility index (Phi) is 6.28. The first-order valence-electron chi connectivity index (χ1n) is 8.99. The number of nitrogens with one attached hydrogen (secondary N) is 2. The molecule has 2 N–H and O–H groups in total. The number of nitrogens with zero attached hydrogens (tertiary/aromatic N) is 2. The molecule has 26 heavy (non-hydrogen) atoms. The summed E-state index contributed by atoms with van der Waals surface area (Å²) in [5.41, 5.74) is 2.36. The van der Waals surface area contributed by atoms with E-state index in [2.05, 4.69) is 58.9 Å². The number of hydrogen-bond acceptors (Lipinski definition) is 3. The van der Waals surface area contributed by atoms with Crippen molar-refractivity contribution in [1.29, 1.82) is 0 Å². The van der Waals surface area contributed by atoms with E-state index in [9.17, 15) is 4.79 Å².